The van der Waals surface area contributed by atoms with Gasteiger partial charge in [0.1, 0.15) is 0 Å². The van der Waals surface area contributed by atoms with Crippen molar-refractivity contribution in [3.8, 4) is 0 Å². The monoisotopic (exact) mass is 362 g/mol. The van der Waals surface area contributed by atoms with Gasteiger partial charge in [0.2, 0.25) is 0 Å². The zero-order valence-corrected chi connectivity index (χ0v) is 16.8. The summed E-state index contributed by atoms with van der Waals surface area (Å²) in [6.45, 7) is 0. The number of rotatable bonds is 3. The lowest BCUT2D eigenvalue weighted by atomic mass is 9.59. The second kappa shape index (κ2) is 8.95. The van der Waals surface area contributed by atoms with Gasteiger partial charge in [-0.3, -0.25) is 0 Å². The lowest BCUT2D eigenvalue weighted by molar-refractivity contribution is -0.0576. The largest absolute Gasteiger partial charge is 0.393 e. The maximum absolute atomic E-state index is 11.1. The van der Waals surface area contributed by atoms with Crippen LogP contribution in [0.2, 0.25) is 0 Å². The Morgan fingerprint density at radius 3 is 1.69 bits per heavy atom. The van der Waals surface area contributed by atoms with Gasteiger partial charge in [-0.1, -0.05) is 64.2 Å². The molecule has 150 valence electrons. The molecule has 0 aliphatic heterocycles. The Balaban J connectivity index is 1.40. The van der Waals surface area contributed by atoms with Crippen LogP contribution in [0.4, 0.5) is 0 Å². The van der Waals surface area contributed by atoms with Crippen LogP contribution in [-0.4, -0.2) is 22.4 Å². The Labute approximate surface area is 161 Å². The van der Waals surface area contributed by atoms with Crippen LogP contribution in [0.15, 0.2) is 0 Å². The van der Waals surface area contributed by atoms with E-state index in [1.54, 1.807) is 0 Å². The normalized spacial score (nSPS) is 44.1. The minimum absolute atomic E-state index is 0.0676. The summed E-state index contributed by atoms with van der Waals surface area (Å²) < 4.78 is 0. The Morgan fingerprint density at radius 2 is 1.04 bits per heavy atom. The van der Waals surface area contributed by atoms with Crippen LogP contribution in [0.1, 0.15) is 103 Å². The van der Waals surface area contributed by atoms with E-state index in [-0.39, 0.29) is 12.2 Å². The van der Waals surface area contributed by atoms with E-state index in [0.717, 1.165) is 43.4 Å². The van der Waals surface area contributed by atoms with Gasteiger partial charge in [-0.15, -0.1) is 0 Å². The average molecular weight is 363 g/mol. The SMILES string of the molecule is OC1CCC(C2CCC(C3CCCCC3)CC2O)C(C2CCCCC2)C1. The smallest absolute Gasteiger partial charge is 0.0573 e. The van der Waals surface area contributed by atoms with Gasteiger partial charge in [0.05, 0.1) is 12.2 Å². The van der Waals surface area contributed by atoms with E-state index in [2.05, 4.69) is 0 Å². The van der Waals surface area contributed by atoms with E-state index in [1.165, 1.54) is 77.0 Å². The minimum atomic E-state index is -0.0751. The van der Waals surface area contributed by atoms with E-state index in [4.69, 9.17) is 0 Å². The average Bonchev–Trinajstić information content (AvgIpc) is 2.69. The highest BCUT2D eigenvalue weighted by atomic mass is 16.3. The molecular weight excluding hydrogens is 320 g/mol. The van der Waals surface area contributed by atoms with Crippen molar-refractivity contribution < 1.29 is 10.2 Å². The molecule has 0 radical (unpaired) electrons. The first kappa shape index (κ1) is 19.2. The molecule has 2 nitrogen and oxygen atoms in total. The number of hydrogen-bond donors (Lipinski definition) is 2. The second-order valence-electron chi connectivity index (χ2n) is 10.4. The highest BCUT2D eigenvalue weighted by molar-refractivity contribution is 4.94. The lowest BCUT2D eigenvalue weighted by Crippen LogP contribution is -2.44. The third-order valence-electron chi connectivity index (χ3n) is 8.96. The quantitative estimate of drug-likeness (QED) is 0.676. The molecule has 4 fully saturated rings. The first-order chi connectivity index (χ1) is 12.7. The molecule has 4 saturated carbocycles. The van der Waals surface area contributed by atoms with E-state index in [1.807, 2.05) is 0 Å². The molecule has 26 heavy (non-hydrogen) atoms. The molecule has 4 rings (SSSR count). The molecule has 0 heterocycles. The summed E-state index contributed by atoms with van der Waals surface area (Å²) in [5.41, 5.74) is 0. The zero-order valence-electron chi connectivity index (χ0n) is 16.8. The number of aliphatic hydroxyl groups excluding tert-OH is 2. The van der Waals surface area contributed by atoms with Crippen molar-refractivity contribution in [3.05, 3.63) is 0 Å². The summed E-state index contributed by atoms with van der Waals surface area (Å²) in [5, 5.41) is 21.5. The predicted molar refractivity (Wildman–Crippen MR) is 107 cm³/mol. The molecule has 6 unspecified atom stereocenters. The van der Waals surface area contributed by atoms with Crippen LogP contribution in [0, 0.1) is 35.5 Å². The fourth-order valence-corrected chi connectivity index (χ4v) is 7.58. The summed E-state index contributed by atoms with van der Waals surface area (Å²) >= 11 is 0. The van der Waals surface area contributed by atoms with E-state index < -0.39 is 0 Å². The molecule has 0 aromatic heterocycles. The maximum Gasteiger partial charge on any atom is 0.0573 e. The molecule has 0 aromatic carbocycles. The first-order valence-corrected chi connectivity index (χ1v) is 12.1. The van der Waals surface area contributed by atoms with Crippen LogP contribution in [0.3, 0.4) is 0 Å². The highest BCUT2D eigenvalue weighted by Gasteiger charge is 2.44. The van der Waals surface area contributed by atoms with Crippen LogP contribution < -0.4 is 0 Å². The van der Waals surface area contributed by atoms with Gasteiger partial charge in [0.25, 0.3) is 0 Å². The summed E-state index contributed by atoms with van der Waals surface area (Å²) in [6.07, 6.45) is 20.8. The topological polar surface area (TPSA) is 40.5 Å². The van der Waals surface area contributed by atoms with Crippen LogP contribution >= 0.6 is 0 Å². The van der Waals surface area contributed by atoms with Crippen molar-refractivity contribution in [2.45, 2.75) is 115 Å². The molecule has 2 heteroatoms. The Kier molecular flexibility index (Phi) is 6.62. The van der Waals surface area contributed by atoms with Crippen molar-refractivity contribution >= 4 is 0 Å². The molecule has 0 spiro atoms. The van der Waals surface area contributed by atoms with Gasteiger partial charge in [0.15, 0.2) is 0 Å². The maximum atomic E-state index is 11.1. The molecule has 2 N–H and O–H groups in total. The highest BCUT2D eigenvalue weighted by Crippen LogP contribution is 2.50. The third-order valence-corrected chi connectivity index (χ3v) is 8.96. The number of hydrogen-bond acceptors (Lipinski definition) is 2. The standard InChI is InChI=1S/C24H42O2/c25-20-12-14-21(23(16-20)18-9-5-2-6-10-18)22-13-11-19(15-24(22)26)17-7-3-1-4-8-17/h17-26H,1-16H2. The lowest BCUT2D eigenvalue weighted by Gasteiger charge is -2.48. The fraction of sp³-hybridized carbons (Fsp3) is 1.00. The Morgan fingerprint density at radius 1 is 0.423 bits per heavy atom. The van der Waals surface area contributed by atoms with Crippen molar-refractivity contribution in [2.24, 2.45) is 35.5 Å². The predicted octanol–water partition coefficient (Wildman–Crippen LogP) is 5.70. The molecule has 6 atom stereocenters. The van der Waals surface area contributed by atoms with Crippen LogP contribution in [-0.2, 0) is 0 Å². The number of aliphatic hydroxyl groups is 2. The van der Waals surface area contributed by atoms with Crippen molar-refractivity contribution in [3.63, 3.8) is 0 Å². The van der Waals surface area contributed by atoms with Gasteiger partial charge < -0.3 is 10.2 Å². The molecular formula is C24H42O2. The third kappa shape index (κ3) is 4.32. The van der Waals surface area contributed by atoms with E-state index in [0.29, 0.717) is 17.8 Å². The summed E-state index contributed by atoms with van der Waals surface area (Å²) in [4.78, 5) is 0. The molecule has 0 saturated heterocycles. The van der Waals surface area contributed by atoms with Crippen molar-refractivity contribution in [2.75, 3.05) is 0 Å². The van der Waals surface area contributed by atoms with Gasteiger partial charge >= 0.3 is 0 Å². The summed E-state index contributed by atoms with van der Waals surface area (Å²) in [7, 11) is 0. The zero-order chi connectivity index (χ0) is 17.9. The van der Waals surface area contributed by atoms with Crippen LogP contribution in [0.25, 0.3) is 0 Å². The summed E-state index contributed by atoms with van der Waals surface area (Å²) in [6, 6.07) is 0. The van der Waals surface area contributed by atoms with Crippen molar-refractivity contribution in [1.82, 2.24) is 0 Å². The summed E-state index contributed by atoms with van der Waals surface area (Å²) in [5.74, 6) is 4.42. The molecule has 0 aromatic rings. The van der Waals surface area contributed by atoms with Crippen LogP contribution in [0.5, 0.6) is 0 Å². The Hall–Kier alpha value is -0.0800. The molecule has 4 aliphatic rings. The minimum Gasteiger partial charge on any atom is -0.393 e. The van der Waals surface area contributed by atoms with Gasteiger partial charge in [-0.2, -0.15) is 0 Å². The van der Waals surface area contributed by atoms with Gasteiger partial charge in [-0.25, -0.2) is 0 Å². The van der Waals surface area contributed by atoms with E-state index >= 15 is 0 Å². The molecule has 4 aliphatic carbocycles. The van der Waals surface area contributed by atoms with Crippen molar-refractivity contribution in [1.29, 1.82) is 0 Å². The van der Waals surface area contributed by atoms with E-state index in [9.17, 15) is 10.2 Å². The first-order valence-electron chi connectivity index (χ1n) is 12.1. The Bertz CT molecular complexity index is 424. The second-order valence-corrected chi connectivity index (χ2v) is 10.4. The van der Waals surface area contributed by atoms with Gasteiger partial charge in [0, 0.05) is 0 Å². The van der Waals surface area contributed by atoms with Gasteiger partial charge in [-0.05, 0) is 74.0 Å². The fourth-order valence-electron chi connectivity index (χ4n) is 7.58. The molecule has 0 bridgehead atoms. The molecule has 0 amide bonds.